The van der Waals surface area contributed by atoms with Crippen molar-refractivity contribution in [2.75, 3.05) is 37.0 Å². The SMILES string of the molecule is CC(=O)N[C@@H](CSC(c1ccccc1)(c1ccccc1)c1ccccc1)C(=O)NCCSCCCO[C@H]1O[C@H](CO)[C@@H](O)[C@H](O)[C@@H]1O. The van der Waals surface area contributed by atoms with Crippen molar-refractivity contribution in [1.29, 1.82) is 0 Å². The molecule has 0 saturated carbocycles. The molecule has 0 spiro atoms. The minimum Gasteiger partial charge on any atom is -0.394 e. The lowest BCUT2D eigenvalue weighted by atomic mass is 9.84. The zero-order valence-corrected chi connectivity index (χ0v) is 27.9. The Kier molecular flexibility index (Phi) is 14.6. The molecule has 2 amide bonds. The monoisotopic (exact) mass is 684 g/mol. The highest BCUT2D eigenvalue weighted by Gasteiger charge is 2.44. The molecule has 0 bridgehead atoms. The summed E-state index contributed by atoms with van der Waals surface area (Å²) in [7, 11) is 0. The molecule has 12 heteroatoms. The Morgan fingerprint density at radius 2 is 1.40 bits per heavy atom. The molecule has 10 nitrogen and oxygen atoms in total. The predicted octanol–water partition coefficient (Wildman–Crippen LogP) is 2.27. The smallest absolute Gasteiger partial charge is 0.243 e. The summed E-state index contributed by atoms with van der Waals surface area (Å²) >= 11 is 3.21. The van der Waals surface area contributed by atoms with Gasteiger partial charge in [-0.3, -0.25) is 9.59 Å². The molecular weight excluding hydrogens is 641 g/mol. The lowest BCUT2D eigenvalue weighted by molar-refractivity contribution is -0.300. The molecule has 6 N–H and O–H groups in total. The summed E-state index contributed by atoms with van der Waals surface area (Å²) in [5.74, 6) is 1.11. The minimum absolute atomic E-state index is 0.232. The molecule has 6 atom stereocenters. The normalized spacial score (nSPS) is 21.9. The van der Waals surface area contributed by atoms with Gasteiger partial charge in [0.1, 0.15) is 30.5 Å². The molecule has 1 fully saturated rings. The second-order valence-electron chi connectivity index (χ2n) is 11.2. The van der Waals surface area contributed by atoms with Gasteiger partial charge in [-0.2, -0.15) is 11.8 Å². The number of carbonyl (C=O) groups is 2. The van der Waals surface area contributed by atoms with Crippen molar-refractivity contribution in [2.24, 2.45) is 0 Å². The zero-order chi connectivity index (χ0) is 33.6. The molecule has 0 unspecified atom stereocenters. The van der Waals surface area contributed by atoms with Gasteiger partial charge in [0.15, 0.2) is 6.29 Å². The molecule has 0 aliphatic carbocycles. The molecule has 3 aromatic carbocycles. The zero-order valence-electron chi connectivity index (χ0n) is 26.3. The molecule has 1 aliphatic rings. The summed E-state index contributed by atoms with van der Waals surface area (Å²) in [6.07, 6.45) is -5.88. The maximum atomic E-state index is 13.4. The van der Waals surface area contributed by atoms with Gasteiger partial charge in [-0.15, -0.1) is 11.8 Å². The fourth-order valence-electron chi connectivity index (χ4n) is 5.44. The van der Waals surface area contributed by atoms with Crippen molar-refractivity contribution >= 4 is 35.3 Å². The number of aliphatic hydroxyl groups excluding tert-OH is 4. The number of carbonyl (C=O) groups excluding carboxylic acids is 2. The molecule has 47 heavy (non-hydrogen) atoms. The van der Waals surface area contributed by atoms with E-state index in [4.69, 9.17) is 9.47 Å². The van der Waals surface area contributed by atoms with E-state index in [-0.39, 0.29) is 18.4 Å². The van der Waals surface area contributed by atoms with Crippen molar-refractivity contribution in [3.05, 3.63) is 108 Å². The Balaban J connectivity index is 1.32. The summed E-state index contributed by atoms with van der Waals surface area (Å²) in [5.41, 5.74) is 3.20. The van der Waals surface area contributed by atoms with Gasteiger partial charge >= 0.3 is 0 Å². The van der Waals surface area contributed by atoms with E-state index in [1.165, 1.54) is 6.92 Å². The Morgan fingerprint density at radius 3 is 1.91 bits per heavy atom. The first kappa shape index (κ1) is 36.9. The van der Waals surface area contributed by atoms with Gasteiger partial charge in [0.05, 0.1) is 18.0 Å². The van der Waals surface area contributed by atoms with Crippen LogP contribution in [0, 0.1) is 0 Å². The molecule has 1 aliphatic heterocycles. The van der Waals surface area contributed by atoms with Gasteiger partial charge < -0.3 is 40.5 Å². The van der Waals surface area contributed by atoms with Gasteiger partial charge in [-0.05, 0) is 28.9 Å². The summed E-state index contributed by atoms with van der Waals surface area (Å²) in [6, 6.07) is 29.8. The van der Waals surface area contributed by atoms with Crippen molar-refractivity contribution < 1.29 is 39.5 Å². The summed E-state index contributed by atoms with van der Waals surface area (Å²) in [6.45, 7) is 1.53. The summed E-state index contributed by atoms with van der Waals surface area (Å²) in [4.78, 5) is 25.6. The van der Waals surface area contributed by atoms with Crippen LogP contribution in [0.5, 0.6) is 0 Å². The van der Waals surface area contributed by atoms with Crippen molar-refractivity contribution in [3.8, 4) is 0 Å². The van der Waals surface area contributed by atoms with Gasteiger partial charge in [0.2, 0.25) is 11.8 Å². The highest BCUT2D eigenvalue weighted by molar-refractivity contribution is 8.00. The maximum Gasteiger partial charge on any atom is 0.243 e. The number of amides is 2. The third-order valence-corrected chi connectivity index (χ3v) is 10.5. The number of benzene rings is 3. The largest absolute Gasteiger partial charge is 0.394 e. The molecule has 4 rings (SSSR count). The molecular formula is C35H44N2O8S2. The van der Waals surface area contributed by atoms with Crippen LogP contribution >= 0.6 is 23.5 Å². The third kappa shape index (κ3) is 9.80. The number of aliphatic hydroxyl groups is 4. The highest BCUT2D eigenvalue weighted by Crippen LogP contribution is 2.48. The Bertz CT molecular complexity index is 1270. The topological polar surface area (TPSA) is 158 Å². The molecule has 254 valence electrons. The number of hydrogen-bond donors (Lipinski definition) is 6. The first-order valence-corrected chi connectivity index (χ1v) is 17.8. The van der Waals surface area contributed by atoms with Crippen molar-refractivity contribution in [1.82, 2.24) is 10.6 Å². The number of thioether (sulfide) groups is 2. The number of hydrogen-bond acceptors (Lipinski definition) is 10. The number of ether oxygens (including phenoxy) is 2. The van der Waals surface area contributed by atoms with Crippen LogP contribution in [0.1, 0.15) is 30.0 Å². The van der Waals surface area contributed by atoms with Crippen molar-refractivity contribution in [3.63, 3.8) is 0 Å². The fraction of sp³-hybridized carbons (Fsp3) is 0.429. The molecule has 0 aromatic heterocycles. The fourth-order valence-corrected chi connectivity index (χ4v) is 7.77. The van der Waals surface area contributed by atoms with Crippen LogP contribution in [0.3, 0.4) is 0 Å². The first-order valence-electron chi connectivity index (χ1n) is 15.6. The lowest BCUT2D eigenvalue weighted by Gasteiger charge is -2.39. The van der Waals surface area contributed by atoms with Crippen LogP contribution < -0.4 is 10.6 Å². The van der Waals surface area contributed by atoms with Gasteiger partial charge in [0, 0.05) is 25.0 Å². The Labute approximate surface area is 284 Å². The van der Waals surface area contributed by atoms with Crippen molar-refractivity contribution in [2.45, 2.75) is 54.8 Å². The van der Waals surface area contributed by atoms with E-state index in [1.807, 2.05) is 54.6 Å². The van der Waals surface area contributed by atoms with Gasteiger partial charge in [-0.1, -0.05) is 91.0 Å². The standard InChI is InChI=1S/C35H44N2O8S2/c1-24(39)37-28(33(43)36-18-21-46-20-11-19-44-34-32(42)31(41)30(40)29(22-38)45-34)23-47-35(25-12-5-2-6-13-25,26-14-7-3-8-15-26)27-16-9-4-10-17-27/h2-10,12-17,28-32,34,38,40-42H,11,18-23H2,1H3,(H,36,43)(H,37,39)/t28-,29+,30+,31-,32-,34-/m0/s1. The quantitative estimate of drug-likeness (QED) is 0.0921. The third-order valence-electron chi connectivity index (χ3n) is 7.81. The number of nitrogens with one attached hydrogen (secondary N) is 2. The number of rotatable bonds is 17. The van der Waals surface area contributed by atoms with E-state index in [0.717, 1.165) is 16.7 Å². The Hall–Kier alpha value is -2.94. The van der Waals surface area contributed by atoms with E-state index >= 15 is 0 Å². The van der Waals surface area contributed by atoms with Gasteiger partial charge in [0.25, 0.3) is 0 Å². The van der Waals surface area contributed by atoms with E-state index in [9.17, 15) is 30.0 Å². The predicted molar refractivity (Wildman–Crippen MR) is 184 cm³/mol. The second-order valence-corrected chi connectivity index (χ2v) is 13.6. The summed E-state index contributed by atoms with van der Waals surface area (Å²) in [5, 5.41) is 45.0. The van der Waals surface area contributed by atoms with Crippen LogP contribution in [-0.4, -0.2) is 106 Å². The molecule has 0 radical (unpaired) electrons. The van der Waals surface area contributed by atoms with E-state index in [2.05, 4.69) is 47.0 Å². The second kappa shape index (κ2) is 18.6. The van der Waals surface area contributed by atoms with Crippen LogP contribution in [0.4, 0.5) is 0 Å². The first-order chi connectivity index (χ1) is 22.8. The Morgan fingerprint density at radius 1 is 0.851 bits per heavy atom. The molecule has 1 saturated heterocycles. The van der Waals surface area contributed by atoms with Crippen LogP contribution in [0.2, 0.25) is 0 Å². The maximum absolute atomic E-state index is 13.4. The lowest BCUT2D eigenvalue weighted by Crippen LogP contribution is -2.59. The van der Waals surface area contributed by atoms with E-state index < -0.39 is 48.1 Å². The summed E-state index contributed by atoms with van der Waals surface area (Å²) < 4.78 is 10.2. The molecule has 3 aromatic rings. The minimum atomic E-state index is -1.48. The van der Waals surface area contributed by atoms with Crippen LogP contribution in [0.25, 0.3) is 0 Å². The van der Waals surface area contributed by atoms with E-state index in [0.29, 0.717) is 30.2 Å². The van der Waals surface area contributed by atoms with Crippen LogP contribution in [-0.2, 0) is 23.8 Å². The van der Waals surface area contributed by atoms with Gasteiger partial charge in [-0.25, -0.2) is 0 Å². The molecule has 1 heterocycles. The average molecular weight is 685 g/mol. The van der Waals surface area contributed by atoms with E-state index in [1.54, 1.807) is 23.5 Å². The van der Waals surface area contributed by atoms with Crippen LogP contribution in [0.15, 0.2) is 91.0 Å². The average Bonchev–Trinajstić information content (AvgIpc) is 3.10. The highest BCUT2D eigenvalue weighted by atomic mass is 32.2.